The molecule has 11 heteroatoms. The van der Waals surface area contributed by atoms with Gasteiger partial charge in [0, 0.05) is 10.8 Å². The number of hydrogen-bond donors (Lipinski definition) is 2. The van der Waals surface area contributed by atoms with Crippen molar-refractivity contribution in [1.82, 2.24) is 0 Å². The molecule has 0 aromatic carbocycles. The van der Waals surface area contributed by atoms with Crippen LogP contribution < -0.4 is 18.9 Å². The fourth-order valence-electron chi connectivity index (χ4n) is 2.76. The lowest BCUT2D eigenvalue weighted by Crippen LogP contribution is -2.15. The highest BCUT2D eigenvalue weighted by atomic mass is 32.1. The van der Waals surface area contributed by atoms with Gasteiger partial charge in [-0.25, -0.2) is 0 Å². The number of fused-ring (bicyclic) bond motifs is 2. The van der Waals surface area contributed by atoms with Gasteiger partial charge in [0.1, 0.15) is 26.4 Å². The average Bonchev–Trinajstić information content (AvgIpc) is 3.33. The third-order valence-corrected chi connectivity index (χ3v) is 8.02. The van der Waals surface area contributed by atoms with E-state index in [2.05, 4.69) is 0 Å². The van der Waals surface area contributed by atoms with Crippen molar-refractivity contribution in [3.05, 3.63) is 20.5 Å². The van der Waals surface area contributed by atoms with Gasteiger partial charge in [0.25, 0.3) is 0 Å². The summed E-state index contributed by atoms with van der Waals surface area (Å²) in [6.45, 7) is 6.86. The summed E-state index contributed by atoms with van der Waals surface area (Å²) in [5.74, 6) is 2.97. The van der Waals surface area contributed by atoms with Crippen molar-refractivity contribution in [2.45, 2.75) is 34.0 Å². The van der Waals surface area contributed by atoms with Gasteiger partial charge in [-0.3, -0.25) is 0 Å². The van der Waals surface area contributed by atoms with Gasteiger partial charge in [0.2, 0.25) is 0 Å². The normalized spacial score (nSPS) is 14.4. The van der Waals surface area contributed by atoms with Crippen LogP contribution in [0.15, 0.2) is 10.8 Å². The van der Waals surface area contributed by atoms with E-state index in [1.165, 1.54) is 22.7 Å². The predicted molar refractivity (Wildman–Crippen MR) is 119 cm³/mol. The number of aliphatic hydroxyl groups is 1. The lowest BCUT2D eigenvalue weighted by Gasteiger charge is -2.18. The maximum Gasteiger partial charge on any atom is 0.414 e. The first-order valence-electron chi connectivity index (χ1n) is 9.32. The van der Waals surface area contributed by atoms with Crippen LogP contribution in [0.4, 0.5) is 0 Å². The third-order valence-electron chi connectivity index (χ3n) is 3.89. The second-order valence-corrected chi connectivity index (χ2v) is 9.92. The second-order valence-electron chi connectivity index (χ2n) is 5.89. The molecule has 2 N–H and O–H groups in total. The molecule has 0 amide bonds. The molecule has 0 fully saturated rings. The fourth-order valence-corrected chi connectivity index (χ4v) is 6.58. The topological polar surface area (TPSA) is 95.8 Å². The minimum Gasteiger partial charge on any atom is -0.485 e. The Hall–Kier alpha value is -1.13. The summed E-state index contributed by atoms with van der Waals surface area (Å²) in [6.07, 6.45) is 0.345. The Balaban J connectivity index is 0.000000229. The molecule has 2 aliphatic heterocycles. The molecule has 2 aliphatic rings. The van der Waals surface area contributed by atoms with Crippen molar-refractivity contribution < 1.29 is 38.0 Å². The van der Waals surface area contributed by atoms with Crippen LogP contribution in [0.3, 0.4) is 0 Å². The van der Waals surface area contributed by atoms with E-state index < -0.39 is 7.94 Å². The molecule has 0 bridgehead atoms. The van der Waals surface area contributed by atoms with Crippen molar-refractivity contribution >= 4 is 30.6 Å². The standard InChI is InChI=1S/C11H18O5PS.C7H8O3S.CH4/c1-3-15-17(12,16-4-2)7-10-11-9(8-18-10)13-5-6-14-11;8-3-6-7-5(4-11-6)9-1-2-10-7;/h8,12H,3-7H2,1-2H3;4,8H,1-3H2;1H4/q+1;;. The molecule has 0 unspecified atom stereocenters. The maximum atomic E-state index is 10.4. The zero-order chi connectivity index (χ0) is 20.7. The lowest BCUT2D eigenvalue weighted by molar-refractivity contribution is 0.168. The first-order chi connectivity index (χ1) is 14.1. The first-order valence-corrected chi connectivity index (χ1v) is 12.8. The summed E-state index contributed by atoms with van der Waals surface area (Å²) < 4.78 is 32.4. The zero-order valence-electron chi connectivity index (χ0n) is 16.4. The number of rotatable bonds is 7. The quantitative estimate of drug-likeness (QED) is 0.559. The number of hydrogen-bond acceptors (Lipinski definition) is 10. The first kappa shape index (κ1) is 25.1. The van der Waals surface area contributed by atoms with Crippen LogP contribution >= 0.6 is 30.6 Å². The Morgan fingerprint density at radius 2 is 1.33 bits per heavy atom. The average molecular weight is 482 g/mol. The smallest absolute Gasteiger partial charge is 0.414 e. The fraction of sp³-hybridized carbons (Fsp3) is 0.579. The molecule has 0 radical (unpaired) electrons. The maximum absolute atomic E-state index is 10.4. The minimum absolute atomic E-state index is 0. The van der Waals surface area contributed by atoms with Crippen LogP contribution in [0.5, 0.6) is 23.0 Å². The van der Waals surface area contributed by atoms with Crippen molar-refractivity contribution in [2.24, 2.45) is 0 Å². The van der Waals surface area contributed by atoms with E-state index in [4.69, 9.17) is 33.1 Å². The Kier molecular flexibility index (Phi) is 10.1. The van der Waals surface area contributed by atoms with E-state index in [1.54, 1.807) is 0 Å². The van der Waals surface area contributed by atoms with Crippen LogP contribution in [0, 0.1) is 0 Å². The molecular weight excluding hydrogens is 451 g/mol. The van der Waals surface area contributed by atoms with Crippen LogP contribution in [-0.4, -0.2) is 49.6 Å². The molecule has 4 heterocycles. The van der Waals surface area contributed by atoms with Gasteiger partial charge in [0.15, 0.2) is 29.2 Å². The van der Waals surface area contributed by atoms with E-state index in [0.29, 0.717) is 45.8 Å². The lowest BCUT2D eigenvalue weighted by atomic mass is 10.4. The highest BCUT2D eigenvalue weighted by Gasteiger charge is 2.42. The van der Waals surface area contributed by atoms with Gasteiger partial charge in [0.05, 0.1) is 29.6 Å². The minimum atomic E-state index is -2.83. The van der Waals surface area contributed by atoms with Gasteiger partial charge in [-0.15, -0.1) is 22.7 Å². The molecule has 2 aromatic rings. The monoisotopic (exact) mass is 481 g/mol. The van der Waals surface area contributed by atoms with Gasteiger partial charge in [-0.2, -0.15) is 13.9 Å². The van der Waals surface area contributed by atoms with Gasteiger partial charge in [-0.1, -0.05) is 7.43 Å². The number of aliphatic hydroxyl groups excluding tert-OH is 1. The van der Waals surface area contributed by atoms with Crippen LogP contribution in [0.25, 0.3) is 0 Å². The molecule has 0 aliphatic carbocycles. The Bertz CT molecular complexity index is 759. The molecule has 8 nitrogen and oxygen atoms in total. The van der Waals surface area contributed by atoms with Gasteiger partial charge < -0.3 is 24.1 Å². The van der Waals surface area contributed by atoms with E-state index in [1.807, 2.05) is 24.6 Å². The Labute approximate surface area is 185 Å². The van der Waals surface area contributed by atoms with E-state index in [0.717, 1.165) is 32.8 Å². The third kappa shape index (κ3) is 6.20. The number of thiophene rings is 2. The molecule has 0 spiro atoms. The molecule has 4 rings (SSSR count). The largest absolute Gasteiger partial charge is 0.485 e. The molecule has 0 saturated heterocycles. The summed E-state index contributed by atoms with van der Waals surface area (Å²) in [5.41, 5.74) is 0. The van der Waals surface area contributed by atoms with Crippen LogP contribution in [0.1, 0.15) is 31.0 Å². The summed E-state index contributed by atoms with van der Waals surface area (Å²) in [7, 11) is -2.83. The summed E-state index contributed by atoms with van der Waals surface area (Å²) >= 11 is 2.97. The van der Waals surface area contributed by atoms with Crippen molar-refractivity contribution in [3.63, 3.8) is 0 Å². The molecule has 170 valence electrons. The molecule has 0 saturated carbocycles. The van der Waals surface area contributed by atoms with Crippen molar-refractivity contribution in [1.29, 1.82) is 0 Å². The SMILES string of the molecule is C.CCO[P+](O)(Cc1scc2c1OCCO2)OCC.OCc1scc2c1OCCO2. The number of ether oxygens (including phenoxy) is 4. The summed E-state index contributed by atoms with van der Waals surface area (Å²) in [4.78, 5) is 12.1. The predicted octanol–water partition coefficient (Wildman–Crippen LogP) is 4.49. The van der Waals surface area contributed by atoms with Crippen molar-refractivity contribution in [3.8, 4) is 23.0 Å². The van der Waals surface area contributed by atoms with E-state index >= 15 is 0 Å². The molecule has 30 heavy (non-hydrogen) atoms. The van der Waals surface area contributed by atoms with E-state index in [9.17, 15) is 4.89 Å². The van der Waals surface area contributed by atoms with Gasteiger partial charge >= 0.3 is 7.94 Å². The molecule has 2 aromatic heterocycles. The van der Waals surface area contributed by atoms with Crippen LogP contribution in [-0.2, 0) is 21.8 Å². The Morgan fingerprint density at radius 1 is 0.867 bits per heavy atom. The van der Waals surface area contributed by atoms with Gasteiger partial charge in [-0.05, 0) is 13.8 Å². The highest BCUT2D eigenvalue weighted by Crippen LogP contribution is 2.62. The van der Waals surface area contributed by atoms with E-state index in [-0.39, 0.29) is 14.0 Å². The summed E-state index contributed by atoms with van der Waals surface area (Å²) in [5, 5.41) is 12.6. The molecule has 0 atom stereocenters. The Morgan fingerprint density at radius 3 is 1.83 bits per heavy atom. The summed E-state index contributed by atoms with van der Waals surface area (Å²) in [6, 6.07) is 0. The zero-order valence-corrected chi connectivity index (χ0v) is 18.9. The highest BCUT2D eigenvalue weighted by molar-refractivity contribution is 7.60. The second kappa shape index (κ2) is 12.0. The van der Waals surface area contributed by atoms with Crippen molar-refractivity contribution in [2.75, 3.05) is 39.6 Å². The van der Waals surface area contributed by atoms with Crippen LogP contribution in [0.2, 0.25) is 0 Å². The molecular formula is C19H30O8PS2+.